The molecule has 0 aliphatic carbocycles. The number of aromatic nitrogens is 4. The summed E-state index contributed by atoms with van der Waals surface area (Å²) in [6, 6.07) is 4.40. The Bertz CT molecular complexity index is 830. The molecule has 3 rings (SSSR count). The lowest BCUT2D eigenvalue weighted by atomic mass is 10.1. The van der Waals surface area contributed by atoms with Crippen molar-refractivity contribution in [3.8, 4) is 11.3 Å². The number of hydrogen-bond acceptors (Lipinski definition) is 4. The maximum absolute atomic E-state index is 13.7. The number of amides is 1. The number of halogens is 2. The third-order valence-corrected chi connectivity index (χ3v) is 2.75. The summed E-state index contributed by atoms with van der Waals surface area (Å²) in [5, 5.41) is 11.7. The van der Waals surface area contributed by atoms with Crippen LogP contribution in [0, 0.1) is 11.6 Å². The zero-order chi connectivity index (χ0) is 14.3. The van der Waals surface area contributed by atoms with E-state index in [2.05, 4.69) is 15.3 Å². The first-order valence-electron chi connectivity index (χ1n) is 5.53. The van der Waals surface area contributed by atoms with Gasteiger partial charge in [-0.3, -0.25) is 0 Å². The molecule has 0 fully saturated rings. The van der Waals surface area contributed by atoms with Crippen molar-refractivity contribution in [2.45, 2.75) is 0 Å². The number of carbonyl (C=O) groups is 1. The molecule has 8 heteroatoms. The number of fused-ring (bicyclic) bond motifs is 1. The van der Waals surface area contributed by atoms with Crippen LogP contribution in [0.3, 0.4) is 0 Å². The minimum atomic E-state index is -1.01. The fourth-order valence-electron chi connectivity index (χ4n) is 1.83. The van der Waals surface area contributed by atoms with E-state index in [0.29, 0.717) is 5.39 Å². The van der Waals surface area contributed by atoms with Crippen LogP contribution in [-0.4, -0.2) is 26.0 Å². The third kappa shape index (κ3) is 1.78. The minimum Gasteiger partial charge on any atom is -0.350 e. The van der Waals surface area contributed by atoms with Gasteiger partial charge in [-0.15, -0.1) is 10.2 Å². The van der Waals surface area contributed by atoms with E-state index < -0.39 is 17.7 Å². The van der Waals surface area contributed by atoms with Crippen LogP contribution in [0.2, 0.25) is 0 Å². The Morgan fingerprint density at radius 2 is 2.05 bits per heavy atom. The molecule has 0 saturated carbocycles. The van der Waals surface area contributed by atoms with Gasteiger partial charge >= 0.3 is 6.03 Å². The molecule has 6 nitrogen and oxygen atoms in total. The molecular formula is C12H7F2N5O. The average Bonchev–Trinajstić information content (AvgIpc) is 2.85. The topological polar surface area (TPSA) is 86.7 Å². The second-order valence-electron chi connectivity index (χ2n) is 4.00. The molecule has 1 amide bonds. The zero-order valence-corrected chi connectivity index (χ0v) is 9.92. The largest absolute Gasteiger partial charge is 0.350 e. The van der Waals surface area contributed by atoms with Gasteiger partial charge in [0, 0.05) is 10.9 Å². The van der Waals surface area contributed by atoms with Crippen LogP contribution >= 0.6 is 0 Å². The molecule has 2 aromatic heterocycles. The quantitative estimate of drug-likeness (QED) is 0.732. The lowest BCUT2D eigenvalue weighted by molar-refractivity contribution is 0.248. The molecule has 0 radical (unpaired) electrons. The number of nitrogens with zero attached hydrogens (tertiary/aromatic N) is 4. The fraction of sp³-hybridized carbons (Fsp3) is 0. The molecule has 20 heavy (non-hydrogen) atoms. The summed E-state index contributed by atoms with van der Waals surface area (Å²) >= 11 is 0. The van der Waals surface area contributed by atoms with E-state index in [9.17, 15) is 13.6 Å². The van der Waals surface area contributed by atoms with Crippen molar-refractivity contribution in [3.63, 3.8) is 0 Å². The highest BCUT2D eigenvalue weighted by molar-refractivity contribution is 5.87. The number of nitrogens with two attached hydrogens (primary N) is 1. The molecule has 0 aliphatic heterocycles. The number of primary amides is 1. The van der Waals surface area contributed by atoms with Crippen LogP contribution in [0.1, 0.15) is 0 Å². The van der Waals surface area contributed by atoms with E-state index in [1.165, 1.54) is 24.4 Å². The Hall–Kier alpha value is -2.90. The first-order chi connectivity index (χ1) is 9.58. The summed E-state index contributed by atoms with van der Waals surface area (Å²) in [7, 11) is 0. The van der Waals surface area contributed by atoms with E-state index in [1.54, 1.807) is 0 Å². The van der Waals surface area contributed by atoms with Gasteiger partial charge in [-0.05, 0) is 18.2 Å². The van der Waals surface area contributed by atoms with E-state index in [-0.39, 0.29) is 16.9 Å². The number of hydrogen-bond donors (Lipinski definition) is 1. The lowest BCUT2D eigenvalue weighted by Crippen LogP contribution is -2.21. The minimum absolute atomic E-state index is 0.0220. The number of carbonyl (C=O) groups excluding carboxylic acids is 1. The van der Waals surface area contributed by atoms with Crippen molar-refractivity contribution < 1.29 is 13.6 Å². The standard InChI is InChI=1S/C12H7F2N5O/c13-8-3-1-2-7(10(8)14)9-4-6-5-16-19(12(15)20)11(6)18-17-9/h1-5H,(H2,15,20). The van der Waals surface area contributed by atoms with Crippen molar-refractivity contribution in [2.75, 3.05) is 0 Å². The summed E-state index contributed by atoms with van der Waals surface area (Å²) in [4.78, 5) is 11.1. The van der Waals surface area contributed by atoms with Gasteiger partial charge in [-0.1, -0.05) is 6.07 Å². The summed E-state index contributed by atoms with van der Waals surface area (Å²) in [6.07, 6.45) is 1.34. The average molecular weight is 275 g/mol. The summed E-state index contributed by atoms with van der Waals surface area (Å²) in [5.74, 6) is -1.99. The second-order valence-corrected chi connectivity index (χ2v) is 4.00. The van der Waals surface area contributed by atoms with E-state index in [4.69, 9.17) is 5.73 Å². The first kappa shape index (κ1) is 12.2. The smallest absolute Gasteiger partial charge is 0.341 e. The van der Waals surface area contributed by atoms with Gasteiger partial charge < -0.3 is 5.73 Å². The highest BCUT2D eigenvalue weighted by Gasteiger charge is 2.14. The van der Waals surface area contributed by atoms with Gasteiger partial charge in [0.15, 0.2) is 17.3 Å². The molecule has 0 spiro atoms. The Morgan fingerprint density at radius 3 is 2.80 bits per heavy atom. The van der Waals surface area contributed by atoms with Gasteiger partial charge in [-0.2, -0.15) is 9.78 Å². The van der Waals surface area contributed by atoms with Crippen molar-refractivity contribution in [1.29, 1.82) is 0 Å². The molecule has 2 heterocycles. The molecule has 100 valence electrons. The fourth-order valence-corrected chi connectivity index (χ4v) is 1.83. The van der Waals surface area contributed by atoms with Crippen LogP contribution in [0.4, 0.5) is 13.6 Å². The Kier molecular flexibility index (Phi) is 2.63. The monoisotopic (exact) mass is 275 g/mol. The van der Waals surface area contributed by atoms with Crippen molar-refractivity contribution >= 4 is 17.1 Å². The molecule has 0 bridgehead atoms. The Morgan fingerprint density at radius 1 is 1.25 bits per heavy atom. The van der Waals surface area contributed by atoms with Crippen LogP contribution in [-0.2, 0) is 0 Å². The Balaban J connectivity index is 2.19. The maximum atomic E-state index is 13.7. The lowest BCUT2D eigenvalue weighted by Gasteiger charge is -2.02. The van der Waals surface area contributed by atoms with Gasteiger partial charge in [0.25, 0.3) is 0 Å². The van der Waals surface area contributed by atoms with Gasteiger partial charge in [0.05, 0.1) is 11.9 Å². The maximum Gasteiger partial charge on any atom is 0.341 e. The second kappa shape index (κ2) is 4.34. The zero-order valence-electron chi connectivity index (χ0n) is 9.92. The molecule has 0 unspecified atom stereocenters. The van der Waals surface area contributed by atoms with Gasteiger partial charge in [0.1, 0.15) is 0 Å². The molecular weight excluding hydrogens is 268 g/mol. The SMILES string of the molecule is NC(=O)n1ncc2cc(-c3cccc(F)c3F)nnc21. The third-order valence-electron chi connectivity index (χ3n) is 2.75. The van der Waals surface area contributed by atoms with E-state index in [1.807, 2.05) is 0 Å². The Labute approximate surface area is 110 Å². The predicted octanol–water partition coefficient (Wildman–Crippen LogP) is 1.70. The molecule has 2 N–H and O–H groups in total. The number of benzene rings is 1. The predicted molar refractivity (Wildman–Crippen MR) is 65.7 cm³/mol. The molecule has 3 aromatic rings. The molecule has 0 atom stereocenters. The van der Waals surface area contributed by atoms with E-state index in [0.717, 1.165) is 10.7 Å². The normalized spacial score (nSPS) is 10.9. The van der Waals surface area contributed by atoms with Gasteiger partial charge in [-0.25, -0.2) is 13.6 Å². The van der Waals surface area contributed by atoms with Gasteiger partial charge in [0.2, 0.25) is 0 Å². The van der Waals surface area contributed by atoms with Crippen LogP contribution in [0.5, 0.6) is 0 Å². The van der Waals surface area contributed by atoms with Crippen LogP contribution in [0.15, 0.2) is 30.5 Å². The number of rotatable bonds is 1. The first-order valence-corrected chi connectivity index (χ1v) is 5.53. The van der Waals surface area contributed by atoms with Crippen molar-refractivity contribution in [3.05, 3.63) is 42.1 Å². The molecule has 1 aromatic carbocycles. The van der Waals surface area contributed by atoms with E-state index >= 15 is 0 Å². The van der Waals surface area contributed by atoms with Crippen molar-refractivity contribution in [1.82, 2.24) is 20.0 Å². The highest BCUT2D eigenvalue weighted by Crippen LogP contribution is 2.24. The highest BCUT2D eigenvalue weighted by atomic mass is 19.2. The van der Waals surface area contributed by atoms with Crippen molar-refractivity contribution in [2.24, 2.45) is 5.73 Å². The molecule has 0 saturated heterocycles. The van der Waals surface area contributed by atoms with Crippen LogP contribution in [0.25, 0.3) is 22.3 Å². The van der Waals surface area contributed by atoms with Crippen LogP contribution < -0.4 is 5.73 Å². The summed E-state index contributed by atoms with van der Waals surface area (Å²) < 4.78 is 27.7. The summed E-state index contributed by atoms with van der Waals surface area (Å²) in [6.45, 7) is 0. The molecule has 0 aliphatic rings. The summed E-state index contributed by atoms with van der Waals surface area (Å²) in [5.41, 5.74) is 5.37.